The van der Waals surface area contributed by atoms with Gasteiger partial charge in [-0.25, -0.2) is 0 Å². The van der Waals surface area contributed by atoms with E-state index in [0.717, 1.165) is 24.9 Å². The molecule has 2 atom stereocenters. The number of carbonyl (C=O) groups is 1. The number of amides is 1. The number of hydrogen-bond donors (Lipinski definition) is 0. The normalized spacial score (nSPS) is 18.2. The van der Waals surface area contributed by atoms with Crippen LogP contribution < -0.4 is 4.74 Å². The van der Waals surface area contributed by atoms with Gasteiger partial charge in [-0.1, -0.05) is 0 Å². The second-order valence-corrected chi connectivity index (χ2v) is 6.03. The van der Waals surface area contributed by atoms with Crippen LogP contribution in [-0.2, 0) is 11.8 Å². The zero-order chi connectivity index (χ0) is 17.1. The third-order valence-electron chi connectivity index (χ3n) is 4.29. The average Bonchev–Trinajstić information content (AvgIpc) is 3.23. The van der Waals surface area contributed by atoms with Crippen LogP contribution >= 0.6 is 0 Å². The monoisotopic (exact) mass is 324 g/mol. The fraction of sp³-hybridized carbons (Fsp3) is 0.389. The maximum absolute atomic E-state index is 12.8. The van der Waals surface area contributed by atoms with Crippen LogP contribution in [0.4, 0.5) is 0 Å². The van der Waals surface area contributed by atoms with E-state index < -0.39 is 6.10 Å². The van der Waals surface area contributed by atoms with E-state index in [1.807, 2.05) is 24.3 Å². The molecular weight excluding hydrogens is 304 g/mol. The van der Waals surface area contributed by atoms with Crippen molar-refractivity contribution in [3.05, 3.63) is 47.8 Å². The first-order chi connectivity index (χ1) is 11.6. The highest BCUT2D eigenvalue weighted by molar-refractivity contribution is 5.81. The summed E-state index contributed by atoms with van der Waals surface area (Å²) < 4.78 is 7.51. The van der Waals surface area contributed by atoms with E-state index in [1.165, 1.54) is 0 Å². The molecule has 0 bridgehead atoms. The first-order valence-corrected chi connectivity index (χ1v) is 8.04. The number of hydrogen-bond acceptors (Lipinski definition) is 4. The summed E-state index contributed by atoms with van der Waals surface area (Å²) in [5, 5.41) is 13.0. The van der Waals surface area contributed by atoms with Gasteiger partial charge in [0.1, 0.15) is 5.75 Å². The van der Waals surface area contributed by atoms with E-state index in [4.69, 9.17) is 10.00 Å². The number of nitriles is 1. The fourth-order valence-corrected chi connectivity index (χ4v) is 3.09. The Bertz CT molecular complexity index is 760. The second kappa shape index (κ2) is 6.75. The largest absolute Gasteiger partial charge is 0.481 e. The minimum atomic E-state index is -0.574. The van der Waals surface area contributed by atoms with Crippen LogP contribution in [0.1, 0.15) is 36.9 Å². The SMILES string of the molecule is C[C@H](Oc1ccc(C#N)cc1)C(=O)N1CCC[C@@H]1c1cnn(C)c1. The lowest BCUT2D eigenvalue weighted by atomic mass is 10.1. The summed E-state index contributed by atoms with van der Waals surface area (Å²) in [5.41, 5.74) is 1.63. The molecule has 1 saturated heterocycles. The van der Waals surface area contributed by atoms with Crippen LogP contribution in [0.5, 0.6) is 5.75 Å². The third-order valence-corrected chi connectivity index (χ3v) is 4.29. The number of carbonyl (C=O) groups excluding carboxylic acids is 1. The number of aryl methyl sites for hydroxylation is 1. The van der Waals surface area contributed by atoms with Crippen molar-refractivity contribution in [2.45, 2.75) is 31.9 Å². The second-order valence-electron chi connectivity index (χ2n) is 6.03. The molecule has 0 spiro atoms. The summed E-state index contributed by atoms with van der Waals surface area (Å²) in [6.45, 7) is 2.50. The Morgan fingerprint density at radius 1 is 1.42 bits per heavy atom. The molecule has 2 aromatic rings. The van der Waals surface area contributed by atoms with Crippen molar-refractivity contribution < 1.29 is 9.53 Å². The van der Waals surface area contributed by atoms with Crippen LogP contribution in [-0.4, -0.2) is 33.2 Å². The van der Waals surface area contributed by atoms with Crippen molar-refractivity contribution in [3.63, 3.8) is 0 Å². The van der Waals surface area contributed by atoms with Gasteiger partial charge in [-0.3, -0.25) is 9.48 Å². The summed E-state index contributed by atoms with van der Waals surface area (Å²) in [6, 6.07) is 8.92. The van der Waals surface area contributed by atoms with Gasteiger partial charge in [-0.05, 0) is 44.0 Å². The zero-order valence-corrected chi connectivity index (χ0v) is 13.8. The van der Waals surface area contributed by atoms with E-state index in [1.54, 1.807) is 35.9 Å². The topological polar surface area (TPSA) is 71.2 Å². The third kappa shape index (κ3) is 3.25. The molecule has 1 aromatic heterocycles. The van der Waals surface area contributed by atoms with Gasteiger partial charge in [0, 0.05) is 25.4 Å². The Hall–Kier alpha value is -2.81. The van der Waals surface area contributed by atoms with Crippen molar-refractivity contribution in [1.82, 2.24) is 14.7 Å². The number of rotatable bonds is 4. The molecule has 1 aliphatic rings. The van der Waals surface area contributed by atoms with E-state index in [-0.39, 0.29) is 11.9 Å². The number of likely N-dealkylation sites (tertiary alicyclic amines) is 1. The van der Waals surface area contributed by atoms with Crippen LogP contribution in [0.2, 0.25) is 0 Å². The Balaban J connectivity index is 1.69. The lowest BCUT2D eigenvalue weighted by molar-refractivity contribution is -0.138. The minimum Gasteiger partial charge on any atom is -0.481 e. The average molecular weight is 324 g/mol. The summed E-state index contributed by atoms with van der Waals surface area (Å²) in [6.07, 6.45) is 5.14. The Labute approximate surface area is 141 Å². The maximum atomic E-state index is 12.8. The summed E-state index contributed by atoms with van der Waals surface area (Å²) in [7, 11) is 1.88. The van der Waals surface area contributed by atoms with Gasteiger partial charge in [0.2, 0.25) is 0 Å². The van der Waals surface area contributed by atoms with Gasteiger partial charge in [0.15, 0.2) is 6.10 Å². The highest BCUT2D eigenvalue weighted by atomic mass is 16.5. The smallest absolute Gasteiger partial charge is 0.263 e. The van der Waals surface area contributed by atoms with Crippen LogP contribution in [0.3, 0.4) is 0 Å². The molecule has 0 aliphatic carbocycles. The van der Waals surface area contributed by atoms with Gasteiger partial charge in [-0.15, -0.1) is 0 Å². The van der Waals surface area contributed by atoms with E-state index in [9.17, 15) is 4.79 Å². The van der Waals surface area contributed by atoms with Gasteiger partial charge in [0.25, 0.3) is 5.91 Å². The van der Waals surface area contributed by atoms with E-state index in [0.29, 0.717) is 11.3 Å². The molecule has 3 rings (SSSR count). The first kappa shape index (κ1) is 16.1. The van der Waals surface area contributed by atoms with Crippen molar-refractivity contribution in [2.75, 3.05) is 6.54 Å². The summed E-state index contributed by atoms with van der Waals surface area (Å²) in [5.74, 6) is 0.567. The standard InChI is InChI=1S/C18H20N4O2/c1-13(24-16-7-5-14(10-19)6-8-16)18(23)22-9-3-4-17(22)15-11-20-21(2)12-15/h5-8,11-13,17H,3-4,9H2,1-2H3/t13-,17+/m0/s1. The molecule has 24 heavy (non-hydrogen) atoms. The first-order valence-electron chi connectivity index (χ1n) is 8.04. The molecule has 1 aliphatic heterocycles. The molecule has 1 aromatic carbocycles. The lowest BCUT2D eigenvalue weighted by Gasteiger charge is -2.27. The quantitative estimate of drug-likeness (QED) is 0.866. The van der Waals surface area contributed by atoms with Crippen molar-refractivity contribution in [3.8, 4) is 11.8 Å². The fourth-order valence-electron chi connectivity index (χ4n) is 3.09. The molecule has 6 heteroatoms. The van der Waals surface area contributed by atoms with Gasteiger partial charge in [0.05, 0.1) is 23.9 Å². The van der Waals surface area contributed by atoms with Gasteiger partial charge in [-0.2, -0.15) is 10.4 Å². The zero-order valence-electron chi connectivity index (χ0n) is 13.8. The van der Waals surface area contributed by atoms with Crippen molar-refractivity contribution >= 4 is 5.91 Å². The summed E-state index contributed by atoms with van der Waals surface area (Å²) >= 11 is 0. The predicted molar refractivity (Wildman–Crippen MR) is 88.1 cm³/mol. The molecule has 0 radical (unpaired) electrons. The summed E-state index contributed by atoms with van der Waals surface area (Å²) in [4.78, 5) is 14.7. The molecule has 0 N–H and O–H groups in total. The van der Waals surface area contributed by atoms with Crippen LogP contribution in [0, 0.1) is 11.3 Å². The molecular formula is C18H20N4O2. The number of benzene rings is 1. The molecule has 6 nitrogen and oxygen atoms in total. The number of aromatic nitrogens is 2. The lowest BCUT2D eigenvalue weighted by Crippen LogP contribution is -2.40. The number of nitrogens with zero attached hydrogens (tertiary/aromatic N) is 4. The van der Waals surface area contributed by atoms with E-state index in [2.05, 4.69) is 11.2 Å². The van der Waals surface area contributed by atoms with Crippen molar-refractivity contribution in [2.24, 2.45) is 7.05 Å². The Morgan fingerprint density at radius 2 is 2.17 bits per heavy atom. The molecule has 2 heterocycles. The highest BCUT2D eigenvalue weighted by Gasteiger charge is 2.33. The number of ether oxygens (including phenoxy) is 1. The Morgan fingerprint density at radius 3 is 2.79 bits per heavy atom. The molecule has 0 saturated carbocycles. The maximum Gasteiger partial charge on any atom is 0.263 e. The van der Waals surface area contributed by atoms with Crippen molar-refractivity contribution in [1.29, 1.82) is 5.26 Å². The molecule has 0 unspecified atom stereocenters. The van der Waals surface area contributed by atoms with Gasteiger partial charge >= 0.3 is 0 Å². The minimum absolute atomic E-state index is 0.0225. The van der Waals surface area contributed by atoms with Crippen LogP contribution in [0.25, 0.3) is 0 Å². The molecule has 1 amide bonds. The predicted octanol–water partition coefficient (Wildman–Crippen LogP) is 2.42. The van der Waals surface area contributed by atoms with Gasteiger partial charge < -0.3 is 9.64 Å². The van der Waals surface area contributed by atoms with E-state index >= 15 is 0 Å². The Kier molecular flexibility index (Phi) is 4.52. The van der Waals surface area contributed by atoms with Crippen LogP contribution in [0.15, 0.2) is 36.7 Å². The molecule has 1 fully saturated rings. The molecule has 124 valence electrons. The highest BCUT2D eigenvalue weighted by Crippen LogP contribution is 2.32.